The van der Waals surface area contributed by atoms with Gasteiger partial charge in [-0.05, 0) is 38.1 Å². The van der Waals surface area contributed by atoms with Crippen molar-refractivity contribution in [2.75, 3.05) is 0 Å². The summed E-state index contributed by atoms with van der Waals surface area (Å²) in [4.78, 5) is 2.80. The van der Waals surface area contributed by atoms with Crippen LogP contribution in [-0.4, -0.2) is 9.13 Å². The lowest BCUT2D eigenvalue weighted by Gasteiger charge is -2.00. The molecule has 34 heavy (non-hydrogen) atoms. The Morgan fingerprint density at radius 1 is 0.441 bits per heavy atom. The van der Waals surface area contributed by atoms with Crippen LogP contribution in [0.5, 0.6) is 0 Å². The van der Waals surface area contributed by atoms with Crippen molar-refractivity contribution >= 4 is 148 Å². The molecule has 9 aromatic rings. The molecule has 0 aliphatic heterocycles. The number of aromatic nitrogens is 2. The fraction of sp³-hybridized carbons (Fsp3) is 0.154. The van der Waals surface area contributed by atoms with E-state index in [-0.39, 0.29) is 0 Å². The van der Waals surface area contributed by atoms with Crippen LogP contribution in [0.15, 0.2) is 24.3 Å². The molecule has 0 saturated heterocycles. The van der Waals surface area contributed by atoms with Gasteiger partial charge in [0.25, 0.3) is 0 Å². The van der Waals surface area contributed by atoms with E-state index >= 15 is 0 Å². The number of nitrogens with zero attached hydrogens (tertiary/aromatic N) is 2. The minimum absolute atomic E-state index is 1.40. The third-order valence-electron chi connectivity index (χ3n) is 7.13. The molecule has 166 valence electrons. The van der Waals surface area contributed by atoms with Crippen LogP contribution in [0.2, 0.25) is 0 Å². The molecule has 0 amide bonds. The Bertz CT molecular complexity index is 2160. The van der Waals surface area contributed by atoms with E-state index in [4.69, 9.17) is 0 Å². The van der Waals surface area contributed by atoms with Crippen molar-refractivity contribution in [1.29, 1.82) is 0 Å². The van der Waals surface area contributed by atoms with Gasteiger partial charge in [0, 0.05) is 53.4 Å². The number of aryl methyl sites for hydroxylation is 4. The van der Waals surface area contributed by atoms with Crippen molar-refractivity contribution in [2.45, 2.75) is 13.8 Å². The van der Waals surface area contributed by atoms with Crippen LogP contribution in [0, 0.1) is 13.8 Å². The molecule has 2 nitrogen and oxygen atoms in total. The Kier molecular flexibility index (Phi) is 3.43. The van der Waals surface area contributed by atoms with Gasteiger partial charge in [-0.1, -0.05) is 0 Å². The van der Waals surface area contributed by atoms with Crippen molar-refractivity contribution in [3.63, 3.8) is 0 Å². The number of fused-ring (bicyclic) bond motifs is 14. The maximum atomic E-state index is 2.47. The molecule has 1 aromatic carbocycles. The van der Waals surface area contributed by atoms with Crippen LogP contribution in [0.3, 0.4) is 0 Å². The van der Waals surface area contributed by atoms with E-state index < -0.39 is 0 Å². The predicted molar refractivity (Wildman–Crippen MR) is 161 cm³/mol. The Hall–Kier alpha value is -1.94. The summed E-state index contributed by atoms with van der Waals surface area (Å²) in [5, 5.41) is 2.82. The van der Waals surface area contributed by atoms with Gasteiger partial charge in [-0.2, -0.15) is 0 Å². The molecule has 8 heteroatoms. The first-order valence-electron chi connectivity index (χ1n) is 11.0. The average molecular weight is 549 g/mol. The molecule has 0 spiro atoms. The van der Waals surface area contributed by atoms with Gasteiger partial charge >= 0.3 is 0 Å². The SMILES string of the molecule is Cc1cc2sc3c4sc5cc6c(cc5c4n(C)c3c2s1)sc1c2sc3cc(C)sc3c2n(C)c61. The second kappa shape index (κ2) is 6.06. The third-order valence-corrected chi connectivity index (χ3v) is 14.4. The first kappa shape index (κ1) is 19.3. The molecule has 0 fully saturated rings. The fourth-order valence-electron chi connectivity index (χ4n) is 5.76. The van der Waals surface area contributed by atoms with Crippen LogP contribution in [0.4, 0.5) is 0 Å². The maximum Gasteiger partial charge on any atom is 0.0788 e. The smallest absolute Gasteiger partial charge is 0.0788 e. The highest BCUT2D eigenvalue weighted by molar-refractivity contribution is 7.38. The third kappa shape index (κ3) is 2.10. The van der Waals surface area contributed by atoms with Gasteiger partial charge in [0.2, 0.25) is 0 Å². The molecule has 0 unspecified atom stereocenters. The van der Waals surface area contributed by atoms with Crippen LogP contribution >= 0.6 is 68.0 Å². The van der Waals surface area contributed by atoms with Gasteiger partial charge in [0.15, 0.2) is 0 Å². The lowest BCUT2D eigenvalue weighted by Crippen LogP contribution is -1.86. The topological polar surface area (TPSA) is 9.86 Å². The minimum Gasteiger partial charge on any atom is -0.340 e. The summed E-state index contributed by atoms with van der Waals surface area (Å²) in [7, 11) is 4.52. The van der Waals surface area contributed by atoms with Gasteiger partial charge in [0.05, 0.1) is 50.3 Å². The monoisotopic (exact) mass is 548 g/mol. The highest BCUT2D eigenvalue weighted by Gasteiger charge is 2.24. The van der Waals surface area contributed by atoms with E-state index in [0.29, 0.717) is 0 Å². The highest BCUT2D eigenvalue weighted by atomic mass is 32.1. The molecular formula is C26H16N2S6. The maximum absolute atomic E-state index is 2.47. The predicted octanol–water partition coefficient (Wildman–Crippen LogP) is 10.6. The van der Waals surface area contributed by atoms with Crippen molar-refractivity contribution in [1.82, 2.24) is 9.13 Å². The highest BCUT2D eigenvalue weighted by Crippen LogP contribution is 2.52. The molecule has 0 radical (unpaired) electrons. The second-order valence-corrected chi connectivity index (χ2v) is 15.9. The van der Waals surface area contributed by atoms with Crippen LogP contribution < -0.4 is 0 Å². The second-order valence-electron chi connectivity index (χ2n) is 9.18. The van der Waals surface area contributed by atoms with Gasteiger partial charge in [0.1, 0.15) is 0 Å². The number of hydrogen-bond donors (Lipinski definition) is 0. The molecular weight excluding hydrogens is 533 g/mol. The summed E-state index contributed by atoms with van der Waals surface area (Å²) >= 11 is 11.8. The fourth-order valence-corrected chi connectivity index (χ4v) is 13.8. The quantitative estimate of drug-likeness (QED) is 0.178. The number of benzene rings is 1. The Morgan fingerprint density at radius 3 is 1.26 bits per heavy atom. The van der Waals surface area contributed by atoms with Gasteiger partial charge in [-0.15, -0.1) is 68.0 Å². The van der Waals surface area contributed by atoms with Gasteiger partial charge in [-0.3, -0.25) is 0 Å². The summed E-state index contributed by atoms with van der Waals surface area (Å²) < 4.78 is 19.3. The normalized spacial score (nSPS) is 13.3. The molecule has 0 atom stereocenters. The van der Waals surface area contributed by atoms with E-state index in [0.717, 1.165) is 0 Å². The van der Waals surface area contributed by atoms with E-state index in [1.54, 1.807) is 0 Å². The summed E-state index contributed by atoms with van der Waals surface area (Å²) in [5.74, 6) is 0. The van der Waals surface area contributed by atoms with E-state index in [1.165, 1.54) is 89.6 Å². The van der Waals surface area contributed by atoms with Crippen molar-refractivity contribution in [3.8, 4) is 0 Å². The first-order valence-corrected chi connectivity index (χ1v) is 15.9. The lowest BCUT2D eigenvalue weighted by atomic mass is 10.2. The van der Waals surface area contributed by atoms with Crippen LogP contribution in [0.1, 0.15) is 9.75 Å². The molecule has 0 saturated carbocycles. The molecule has 9 rings (SSSR count). The standard InChI is InChI=1S/C26H16N2S6/c1-9-5-15-21(29-9)19-25(33-15)23-17(27(19)3)11-7-14-12(8-13(11)31-23)18-24(32-14)26-20(28(18)4)22-16(34-26)6-10(2)30-22/h5-8H,1-4H3. The minimum atomic E-state index is 1.40. The van der Waals surface area contributed by atoms with Crippen molar-refractivity contribution < 1.29 is 0 Å². The molecule has 0 aliphatic rings. The number of thiophene rings is 6. The van der Waals surface area contributed by atoms with Gasteiger partial charge in [-0.25, -0.2) is 0 Å². The zero-order chi connectivity index (χ0) is 22.6. The first-order chi connectivity index (χ1) is 16.5. The van der Waals surface area contributed by atoms with Crippen molar-refractivity contribution in [3.05, 3.63) is 34.0 Å². The summed E-state index contributed by atoms with van der Waals surface area (Å²) in [6.45, 7) is 4.44. The van der Waals surface area contributed by atoms with Crippen LogP contribution in [0.25, 0.3) is 79.8 Å². The molecule has 0 bridgehead atoms. The molecule has 0 aliphatic carbocycles. The summed E-state index contributed by atoms with van der Waals surface area (Å²) in [5.41, 5.74) is 5.67. The zero-order valence-corrected chi connectivity index (χ0v) is 23.6. The summed E-state index contributed by atoms with van der Waals surface area (Å²) in [6, 6.07) is 9.65. The Morgan fingerprint density at radius 2 is 0.824 bits per heavy atom. The Balaban J connectivity index is 1.42. The van der Waals surface area contributed by atoms with Crippen molar-refractivity contribution in [2.24, 2.45) is 14.1 Å². The number of hydrogen-bond acceptors (Lipinski definition) is 6. The molecule has 8 aromatic heterocycles. The Labute approximate surface area is 217 Å². The van der Waals surface area contributed by atoms with Crippen LogP contribution in [-0.2, 0) is 14.1 Å². The van der Waals surface area contributed by atoms with Gasteiger partial charge < -0.3 is 9.13 Å². The largest absolute Gasteiger partial charge is 0.340 e. The molecule has 8 heterocycles. The molecule has 0 N–H and O–H groups in total. The zero-order valence-electron chi connectivity index (χ0n) is 18.7. The van der Waals surface area contributed by atoms with E-state index in [9.17, 15) is 0 Å². The van der Waals surface area contributed by atoms with E-state index in [2.05, 4.69) is 61.3 Å². The summed E-state index contributed by atoms with van der Waals surface area (Å²) in [6.07, 6.45) is 0. The average Bonchev–Trinajstić information content (AvgIpc) is 3.59. The number of rotatable bonds is 0. The van der Waals surface area contributed by atoms with E-state index in [1.807, 2.05) is 68.0 Å². The lowest BCUT2D eigenvalue weighted by molar-refractivity contribution is 1.03.